The first-order valence-corrected chi connectivity index (χ1v) is 20.3. The number of fused-ring (bicyclic) bond motifs is 7. The molecule has 0 aliphatic heterocycles. The molecule has 5 aliphatic carbocycles. The molecule has 0 heterocycles. The molecule has 0 aromatic carbocycles. The van der Waals surface area contributed by atoms with E-state index < -0.39 is 9.84 Å². The molecule has 5 rings (SSSR count). The number of ether oxygens (including phenoxy) is 1. The molecule has 10 atom stereocenters. The zero-order chi connectivity index (χ0) is 32.5. The monoisotopic (exact) mass is 632 g/mol. The topological polar surface area (TPSA) is 77.5 Å². The largest absolute Gasteiger partial charge is 0.462 e. The molecule has 0 aromatic heterocycles. The van der Waals surface area contributed by atoms with Crippen molar-refractivity contribution in [3.63, 3.8) is 0 Å². The fraction of sp³-hybridized carbons (Fsp3) is 0.947. The summed E-state index contributed by atoms with van der Waals surface area (Å²) in [6, 6.07) is 0. The number of hydrogen-bond donors (Lipinski definition) is 0. The number of carbonyl (C=O) groups excluding carboxylic acids is 2. The molecule has 5 nitrogen and oxygen atoms in total. The van der Waals surface area contributed by atoms with E-state index in [4.69, 9.17) is 4.74 Å². The molecule has 0 radical (unpaired) electrons. The minimum absolute atomic E-state index is 0.00482. The van der Waals surface area contributed by atoms with Crippen LogP contribution >= 0.6 is 0 Å². The number of carbonyl (C=O) groups is 2. The zero-order valence-electron chi connectivity index (χ0n) is 29.6. The van der Waals surface area contributed by atoms with E-state index in [-0.39, 0.29) is 44.9 Å². The van der Waals surface area contributed by atoms with Gasteiger partial charge in [0.25, 0.3) is 0 Å². The highest BCUT2D eigenvalue weighted by Gasteiger charge is 2.71. The first-order chi connectivity index (χ1) is 20.4. The summed E-state index contributed by atoms with van der Waals surface area (Å²) in [7, 11) is -3.06. The van der Waals surface area contributed by atoms with Gasteiger partial charge in [-0.2, -0.15) is 0 Å². The van der Waals surface area contributed by atoms with Crippen molar-refractivity contribution in [2.24, 2.45) is 62.6 Å². The maximum absolute atomic E-state index is 14.2. The lowest BCUT2D eigenvalue weighted by Crippen LogP contribution is -2.67. The maximum Gasteiger partial charge on any atom is 0.306 e. The minimum atomic E-state index is -3.06. The van der Waals surface area contributed by atoms with Gasteiger partial charge in [0.05, 0.1) is 5.75 Å². The SMILES string of the molecule is CCCC(=O)O[C@@H]1CC[C@@]2(C)C(CC[C@]3(C)C2CCC2C4C(C(C)C)CC[C@]4(C(=O)CCCS(C)(=O)=O)CC[C@]23C)C1(C)C. The Labute approximate surface area is 269 Å². The number of esters is 1. The van der Waals surface area contributed by atoms with Crippen molar-refractivity contribution in [3.8, 4) is 0 Å². The molecular weight excluding hydrogens is 568 g/mol. The number of sulfone groups is 1. The van der Waals surface area contributed by atoms with Crippen molar-refractivity contribution in [2.75, 3.05) is 12.0 Å². The van der Waals surface area contributed by atoms with E-state index in [1.807, 2.05) is 6.92 Å². The van der Waals surface area contributed by atoms with Crippen LogP contribution in [-0.2, 0) is 24.2 Å². The second kappa shape index (κ2) is 11.7. The standard InChI is InChI=1S/C38H64O5S/c1-10-12-32(40)43-31-18-19-35(6)28(34(31,4)5)17-20-37(8)29(35)15-14-27-33-26(25(2)3)16-21-38(33,23-22-36(27,37)7)30(39)13-11-24-44(9,41)42/h25-29,31,33H,10-24H2,1-9H3/t26?,27?,28?,29?,31-,33?,35+,36-,37-,38-/m1/s1. The van der Waals surface area contributed by atoms with Gasteiger partial charge in [-0.3, -0.25) is 9.59 Å². The zero-order valence-corrected chi connectivity index (χ0v) is 30.4. The summed E-state index contributed by atoms with van der Waals surface area (Å²) in [5, 5.41) is 0. The number of ketones is 1. The Balaban J connectivity index is 1.44. The van der Waals surface area contributed by atoms with Crippen LogP contribution in [0.1, 0.15) is 145 Å². The quantitative estimate of drug-likeness (QED) is 0.237. The first kappa shape index (κ1) is 34.4. The van der Waals surface area contributed by atoms with Gasteiger partial charge in [-0.15, -0.1) is 0 Å². The third-order valence-corrected chi connectivity index (χ3v) is 16.5. The van der Waals surface area contributed by atoms with E-state index in [2.05, 4.69) is 48.5 Å². The first-order valence-electron chi connectivity index (χ1n) is 18.3. The summed E-state index contributed by atoms with van der Waals surface area (Å²) in [4.78, 5) is 26.8. The van der Waals surface area contributed by atoms with Crippen LogP contribution < -0.4 is 0 Å². The molecule has 0 N–H and O–H groups in total. The van der Waals surface area contributed by atoms with Crippen molar-refractivity contribution in [3.05, 3.63) is 0 Å². The summed E-state index contributed by atoms with van der Waals surface area (Å²) in [6.45, 7) is 19.4. The second-order valence-corrected chi connectivity index (χ2v) is 20.3. The van der Waals surface area contributed by atoms with E-state index in [9.17, 15) is 18.0 Å². The van der Waals surface area contributed by atoms with Crippen LogP contribution in [0.2, 0.25) is 0 Å². The van der Waals surface area contributed by atoms with Crippen LogP contribution in [0.3, 0.4) is 0 Å². The van der Waals surface area contributed by atoms with E-state index in [0.717, 1.165) is 44.9 Å². The van der Waals surface area contributed by atoms with Crippen LogP contribution in [0.4, 0.5) is 0 Å². The van der Waals surface area contributed by atoms with Crippen LogP contribution in [0.15, 0.2) is 0 Å². The normalized spacial score (nSPS) is 44.7. The number of rotatable bonds is 9. The van der Waals surface area contributed by atoms with Gasteiger partial charge in [0.2, 0.25) is 0 Å². The van der Waals surface area contributed by atoms with Gasteiger partial charge < -0.3 is 4.74 Å². The van der Waals surface area contributed by atoms with Gasteiger partial charge in [-0.05, 0) is 129 Å². The molecule has 5 saturated carbocycles. The van der Waals surface area contributed by atoms with Gasteiger partial charge in [0.15, 0.2) is 0 Å². The van der Waals surface area contributed by atoms with Crippen LogP contribution in [-0.4, -0.2) is 38.3 Å². The minimum Gasteiger partial charge on any atom is -0.462 e. The van der Waals surface area contributed by atoms with E-state index in [1.165, 1.54) is 31.9 Å². The molecule has 5 fully saturated rings. The predicted octanol–water partition coefficient (Wildman–Crippen LogP) is 8.83. The summed E-state index contributed by atoms with van der Waals surface area (Å²) in [6.07, 6.45) is 14.7. The van der Waals surface area contributed by atoms with Crippen molar-refractivity contribution in [1.29, 1.82) is 0 Å². The fourth-order valence-corrected chi connectivity index (χ4v) is 13.9. The Morgan fingerprint density at radius 2 is 1.52 bits per heavy atom. The third-order valence-electron chi connectivity index (χ3n) is 15.5. The highest BCUT2D eigenvalue weighted by atomic mass is 32.2. The van der Waals surface area contributed by atoms with Crippen LogP contribution in [0.5, 0.6) is 0 Å². The third kappa shape index (κ3) is 5.26. The highest BCUT2D eigenvalue weighted by Crippen LogP contribution is 2.77. The lowest BCUT2D eigenvalue weighted by atomic mass is 9.32. The molecule has 252 valence electrons. The molecule has 0 bridgehead atoms. The maximum atomic E-state index is 14.2. The number of hydrogen-bond acceptors (Lipinski definition) is 5. The van der Waals surface area contributed by atoms with Crippen LogP contribution in [0.25, 0.3) is 0 Å². The molecule has 5 unspecified atom stereocenters. The fourth-order valence-electron chi connectivity index (χ4n) is 13.2. The Morgan fingerprint density at radius 3 is 2.16 bits per heavy atom. The van der Waals surface area contributed by atoms with Crippen molar-refractivity contribution in [1.82, 2.24) is 0 Å². The van der Waals surface area contributed by atoms with E-state index in [0.29, 0.717) is 60.6 Å². The molecule has 6 heteroatoms. The van der Waals surface area contributed by atoms with Crippen LogP contribution in [0, 0.1) is 62.6 Å². The summed E-state index contributed by atoms with van der Waals surface area (Å²) < 4.78 is 29.9. The molecule has 0 aromatic rings. The molecule has 5 aliphatic rings. The smallest absolute Gasteiger partial charge is 0.306 e. The van der Waals surface area contributed by atoms with Crippen molar-refractivity contribution >= 4 is 21.6 Å². The van der Waals surface area contributed by atoms with Gasteiger partial charge in [0, 0.05) is 29.9 Å². The van der Waals surface area contributed by atoms with Gasteiger partial charge in [-0.25, -0.2) is 8.42 Å². The Hall–Kier alpha value is -0.910. The predicted molar refractivity (Wildman–Crippen MR) is 178 cm³/mol. The highest BCUT2D eigenvalue weighted by molar-refractivity contribution is 7.90. The average molecular weight is 633 g/mol. The lowest BCUT2D eigenvalue weighted by molar-refractivity contribution is -0.250. The molecule has 44 heavy (non-hydrogen) atoms. The van der Waals surface area contributed by atoms with Crippen molar-refractivity contribution in [2.45, 2.75) is 151 Å². The summed E-state index contributed by atoms with van der Waals surface area (Å²) in [5.74, 6) is 3.71. The van der Waals surface area contributed by atoms with Gasteiger partial charge >= 0.3 is 5.97 Å². The average Bonchev–Trinajstić information content (AvgIpc) is 3.31. The van der Waals surface area contributed by atoms with Gasteiger partial charge in [0.1, 0.15) is 21.7 Å². The van der Waals surface area contributed by atoms with E-state index >= 15 is 0 Å². The Morgan fingerprint density at radius 1 is 0.818 bits per heavy atom. The Bertz CT molecular complexity index is 1220. The molecule has 0 spiro atoms. The molecule has 0 saturated heterocycles. The molecule has 0 amide bonds. The number of Topliss-reactive ketones (excluding diaryl/α,β-unsaturated/α-hetero) is 1. The summed E-state index contributed by atoms with van der Waals surface area (Å²) >= 11 is 0. The molecular formula is C38H64O5S. The van der Waals surface area contributed by atoms with Gasteiger partial charge in [-0.1, -0.05) is 55.4 Å². The van der Waals surface area contributed by atoms with E-state index in [1.54, 1.807) is 0 Å². The lowest BCUT2D eigenvalue weighted by Gasteiger charge is -2.73. The Kier molecular flexibility index (Phi) is 9.12. The summed E-state index contributed by atoms with van der Waals surface area (Å²) in [5.41, 5.74) is 0.337. The second-order valence-electron chi connectivity index (χ2n) is 18.0. The van der Waals surface area contributed by atoms with Crippen molar-refractivity contribution < 1.29 is 22.7 Å².